The molecular weight excluding hydrogens is 421 g/mol. The van der Waals surface area contributed by atoms with Crippen molar-refractivity contribution in [2.45, 2.75) is 0 Å². The minimum atomic E-state index is -0.937. The lowest BCUT2D eigenvalue weighted by Crippen LogP contribution is -2.14. The Hall–Kier alpha value is -4.77. The molecule has 2 aromatic heterocycles. The Kier molecular flexibility index (Phi) is 5.96. The van der Waals surface area contributed by atoms with Crippen molar-refractivity contribution in [2.75, 3.05) is 12.4 Å². The molecule has 0 radical (unpaired) electrons. The maximum Gasteiger partial charge on any atom is 0.251 e. The summed E-state index contributed by atoms with van der Waals surface area (Å²) < 4.78 is 21.2. The van der Waals surface area contributed by atoms with E-state index in [-0.39, 0.29) is 22.8 Å². The number of nitrogens with zero attached hydrogens (tertiary/aromatic N) is 3. The Balaban J connectivity index is 1.84. The zero-order chi connectivity index (χ0) is 23.4. The second kappa shape index (κ2) is 9.16. The summed E-state index contributed by atoms with van der Waals surface area (Å²) in [5, 5.41) is 2.88. The molecule has 2 heterocycles. The van der Waals surface area contributed by atoms with E-state index in [4.69, 9.17) is 16.9 Å². The van der Waals surface area contributed by atoms with Crippen LogP contribution in [-0.4, -0.2) is 27.9 Å². The number of ether oxygens (including phenoxy) is 1. The van der Waals surface area contributed by atoms with Crippen molar-refractivity contribution in [3.8, 4) is 46.4 Å². The van der Waals surface area contributed by atoms with E-state index in [1.54, 1.807) is 61.9 Å². The van der Waals surface area contributed by atoms with Gasteiger partial charge in [0.2, 0.25) is 11.8 Å². The van der Waals surface area contributed by atoms with Gasteiger partial charge < -0.3 is 15.8 Å². The number of nitrogens with one attached hydrogen (secondary N) is 1. The zero-order valence-electron chi connectivity index (χ0n) is 17.5. The molecule has 33 heavy (non-hydrogen) atoms. The molecule has 0 fully saturated rings. The monoisotopic (exact) mass is 439 g/mol. The van der Waals surface area contributed by atoms with Gasteiger partial charge in [0.1, 0.15) is 11.6 Å². The van der Waals surface area contributed by atoms with Crippen LogP contribution in [0.2, 0.25) is 0 Å². The highest BCUT2D eigenvalue weighted by atomic mass is 19.1. The smallest absolute Gasteiger partial charge is 0.251 e. The number of hydrogen-bond acceptors (Lipinski definition) is 6. The first-order chi connectivity index (χ1) is 16.0. The van der Waals surface area contributed by atoms with Gasteiger partial charge in [-0.3, -0.25) is 4.79 Å². The summed E-state index contributed by atoms with van der Waals surface area (Å²) >= 11 is 0. The first kappa shape index (κ1) is 21.5. The Morgan fingerprint density at radius 3 is 2.61 bits per heavy atom. The molecule has 8 heteroatoms. The topological polar surface area (TPSA) is 103 Å². The molecule has 0 unspecified atom stereocenters. The fourth-order valence-corrected chi connectivity index (χ4v) is 3.28. The van der Waals surface area contributed by atoms with Crippen LogP contribution in [0.5, 0.6) is 11.6 Å². The summed E-state index contributed by atoms with van der Waals surface area (Å²) in [6.07, 6.45) is 8.73. The molecule has 1 amide bonds. The number of benzene rings is 2. The van der Waals surface area contributed by atoms with Crippen LogP contribution in [0.4, 0.5) is 10.3 Å². The third-order valence-corrected chi connectivity index (χ3v) is 4.83. The molecule has 0 atom stereocenters. The number of rotatable bonds is 6. The van der Waals surface area contributed by atoms with Gasteiger partial charge in [-0.25, -0.2) is 19.3 Å². The zero-order valence-corrected chi connectivity index (χ0v) is 17.5. The summed E-state index contributed by atoms with van der Waals surface area (Å²) in [6, 6.07) is 14.7. The van der Waals surface area contributed by atoms with Crippen molar-refractivity contribution in [1.29, 1.82) is 0 Å². The van der Waals surface area contributed by atoms with Crippen LogP contribution in [-0.2, 0) is 0 Å². The van der Waals surface area contributed by atoms with Crippen molar-refractivity contribution in [2.24, 2.45) is 5.73 Å². The van der Waals surface area contributed by atoms with Gasteiger partial charge in [0.05, 0.1) is 16.8 Å². The van der Waals surface area contributed by atoms with Crippen LogP contribution in [0.15, 0.2) is 67.0 Å². The molecule has 0 aliphatic heterocycles. The third kappa shape index (κ3) is 4.34. The molecule has 4 rings (SSSR count). The van der Waals surface area contributed by atoms with Crippen LogP contribution in [0, 0.1) is 18.2 Å². The number of primary amides is 1. The highest BCUT2D eigenvalue weighted by molar-refractivity contribution is 5.95. The number of halogens is 1. The molecule has 0 bridgehead atoms. The van der Waals surface area contributed by atoms with E-state index in [1.165, 1.54) is 12.1 Å². The first-order valence-electron chi connectivity index (χ1n) is 9.85. The van der Waals surface area contributed by atoms with E-state index in [9.17, 15) is 4.79 Å². The average molecular weight is 439 g/mol. The summed E-state index contributed by atoms with van der Waals surface area (Å²) in [4.78, 5) is 24.8. The molecular formula is C25H18FN5O2. The molecule has 0 saturated heterocycles. The number of terminal acetylenes is 1. The van der Waals surface area contributed by atoms with Crippen LogP contribution in [0.1, 0.15) is 15.9 Å². The Bertz CT molecular complexity index is 1400. The summed E-state index contributed by atoms with van der Waals surface area (Å²) in [7, 11) is 1.71. The lowest BCUT2D eigenvalue weighted by atomic mass is 9.97. The predicted octanol–water partition coefficient (Wildman–Crippen LogP) is 4.26. The Labute approximate surface area is 189 Å². The molecule has 162 valence electrons. The lowest BCUT2D eigenvalue weighted by Gasteiger charge is -2.14. The largest absolute Gasteiger partial charge is 0.438 e. The summed E-state index contributed by atoms with van der Waals surface area (Å²) in [5.41, 5.74) is 7.23. The van der Waals surface area contributed by atoms with Gasteiger partial charge in [-0.2, -0.15) is 0 Å². The highest BCUT2D eigenvalue weighted by Gasteiger charge is 2.20. The fraction of sp³-hybridized carbons (Fsp3) is 0.0400. The maximum atomic E-state index is 15.2. The van der Waals surface area contributed by atoms with Crippen LogP contribution >= 0.6 is 0 Å². The van der Waals surface area contributed by atoms with Gasteiger partial charge in [0, 0.05) is 36.1 Å². The van der Waals surface area contributed by atoms with E-state index in [0.717, 1.165) is 0 Å². The van der Waals surface area contributed by atoms with Gasteiger partial charge in [-0.05, 0) is 36.4 Å². The molecule has 4 aromatic rings. The molecule has 2 aromatic carbocycles. The summed E-state index contributed by atoms with van der Waals surface area (Å²) in [6.45, 7) is 0. The number of aromatic nitrogens is 3. The number of anilines is 1. The predicted molar refractivity (Wildman–Crippen MR) is 123 cm³/mol. The van der Waals surface area contributed by atoms with E-state index in [0.29, 0.717) is 28.3 Å². The normalized spacial score (nSPS) is 10.3. The van der Waals surface area contributed by atoms with Crippen molar-refractivity contribution < 1.29 is 13.9 Å². The van der Waals surface area contributed by atoms with Gasteiger partial charge in [0.15, 0.2) is 0 Å². The minimum Gasteiger partial charge on any atom is -0.438 e. The quantitative estimate of drug-likeness (QED) is 0.435. The van der Waals surface area contributed by atoms with Gasteiger partial charge in [-0.15, -0.1) is 6.42 Å². The molecule has 0 spiro atoms. The van der Waals surface area contributed by atoms with Crippen LogP contribution in [0.25, 0.3) is 22.4 Å². The van der Waals surface area contributed by atoms with Crippen LogP contribution < -0.4 is 15.8 Å². The number of pyridine rings is 1. The Morgan fingerprint density at radius 1 is 1.06 bits per heavy atom. The molecule has 0 aliphatic carbocycles. The second-order valence-electron chi connectivity index (χ2n) is 6.86. The average Bonchev–Trinajstić information content (AvgIpc) is 2.85. The molecule has 7 nitrogen and oxygen atoms in total. The molecule has 3 N–H and O–H groups in total. The molecule has 0 aliphatic rings. The second-order valence-corrected chi connectivity index (χ2v) is 6.86. The summed E-state index contributed by atoms with van der Waals surface area (Å²) in [5.74, 6) is 1.59. The van der Waals surface area contributed by atoms with Crippen LogP contribution in [0.3, 0.4) is 0 Å². The van der Waals surface area contributed by atoms with E-state index in [1.807, 2.05) is 0 Å². The number of amides is 1. The first-order valence-corrected chi connectivity index (χ1v) is 9.85. The van der Waals surface area contributed by atoms with Crippen molar-refractivity contribution in [3.63, 3.8) is 0 Å². The number of hydrogen-bond donors (Lipinski definition) is 2. The van der Waals surface area contributed by atoms with E-state index >= 15 is 4.39 Å². The van der Waals surface area contributed by atoms with Crippen molar-refractivity contribution >= 4 is 11.9 Å². The highest BCUT2D eigenvalue weighted by Crippen LogP contribution is 2.36. The van der Waals surface area contributed by atoms with Gasteiger partial charge >= 0.3 is 0 Å². The third-order valence-electron chi connectivity index (χ3n) is 4.83. The number of nitrogens with two attached hydrogens (primary N) is 1. The molecule has 0 saturated carbocycles. The van der Waals surface area contributed by atoms with Gasteiger partial charge in [-0.1, -0.05) is 24.1 Å². The minimum absolute atomic E-state index is 0.0897. The number of carbonyl (C=O) groups is 1. The Morgan fingerprint density at radius 2 is 1.85 bits per heavy atom. The van der Waals surface area contributed by atoms with E-state index in [2.05, 4.69) is 26.2 Å². The van der Waals surface area contributed by atoms with Crippen molar-refractivity contribution in [1.82, 2.24) is 15.0 Å². The van der Waals surface area contributed by atoms with Crippen molar-refractivity contribution in [3.05, 3.63) is 83.9 Å². The van der Waals surface area contributed by atoms with E-state index < -0.39 is 11.7 Å². The maximum absolute atomic E-state index is 15.2. The standard InChI is InChI=1S/C25H18FN5O2/c1-3-15-7-4-5-8-17(15)19-13-16(14-20(22(19)26)23(27)32)33-24-18(9-6-11-29-24)21-10-12-30-25(28-2)31-21/h1,4-14H,2H3,(H2,27,32)(H,28,30,31). The number of carbonyl (C=O) groups excluding carboxylic acids is 1. The fourth-order valence-electron chi connectivity index (χ4n) is 3.28. The lowest BCUT2D eigenvalue weighted by molar-refractivity contribution is 0.0996. The van der Waals surface area contributed by atoms with Gasteiger partial charge in [0.25, 0.3) is 5.91 Å². The SMILES string of the molecule is C#Cc1ccccc1-c1cc(Oc2ncccc2-c2ccnc(NC)n2)cc(C(N)=O)c1F.